The standard InChI is InChI=1S/C12H28N6O2.C6H15N3O/c13-3-6-16-11(19)1-8-18(10-5-15)9-2-12(20)17-7-4-14;1-6(10)9-5-4-8-3-2-7/h1-10,13-15H2,(H,16,19)(H,17,20);8H,2-5,7H2,1H3,(H,9,10). The quantitative estimate of drug-likeness (QED) is 0.105. The molecule has 12 N–H and O–H groups in total. The smallest absolute Gasteiger partial charge is 0.221 e. The van der Waals surface area contributed by atoms with Crippen LogP contribution in [0.4, 0.5) is 0 Å². The molecule has 0 saturated heterocycles. The predicted molar refractivity (Wildman–Crippen MR) is 119 cm³/mol. The second-order valence-electron chi connectivity index (χ2n) is 6.43. The fraction of sp³-hybridized carbons (Fsp3) is 0.833. The van der Waals surface area contributed by atoms with E-state index in [1.165, 1.54) is 6.92 Å². The Bertz CT molecular complexity index is 415. The largest absolute Gasteiger partial charge is 0.355 e. The van der Waals surface area contributed by atoms with Gasteiger partial charge in [0.05, 0.1) is 0 Å². The Morgan fingerprint density at radius 3 is 1.53 bits per heavy atom. The summed E-state index contributed by atoms with van der Waals surface area (Å²) >= 11 is 0. The average Bonchev–Trinajstić information content (AvgIpc) is 2.72. The molecule has 0 aliphatic rings. The molecule has 178 valence electrons. The van der Waals surface area contributed by atoms with Gasteiger partial charge in [-0.15, -0.1) is 0 Å². The molecule has 30 heavy (non-hydrogen) atoms. The fourth-order valence-electron chi connectivity index (χ4n) is 2.19. The van der Waals surface area contributed by atoms with Crippen LogP contribution in [-0.4, -0.2) is 101 Å². The molecule has 0 bridgehead atoms. The highest BCUT2D eigenvalue weighted by Gasteiger charge is 2.09. The Balaban J connectivity index is 0. The maximum atomic E-state index is 11.5. The van der Waals surface area contributed by atoms with E-state index in [1.807, 2.05) is 4.90 Å². The Kier molecular flexibility index (Phi) is 23.7. The molecule has 0 aliphatic carbocycles. The van der Waals surface area contributed by atoms with E-state index in [2.05, 4.69) is 21.3 Å². The van der Waals surface area contributed by atoms with Gasteiger partial charge in [0.25, 0.3) is 0 Å². The molecule has 0 fully saturated rings. The van der Waals surface area contributed by atoms with Crippen molar-refractivity contribution in [1.29, 1.82) is 0 Å². The maximum Gasteiger partial charge on any atom is 0.221 e. The SMILES string of the molecule is CC(=O)NCCNCCN.NCCNC(=O)CCN(CCN)CCC(=O)NCCN. The maximum absolute atomic E-state index is 11.5. The van der Waals surface area contributed by atoms with E-state index in [-0.39, 0.29) is 17.7 Å². The Labute approximate surface area is 180 Å². The van der Waals surface area contributed by atoms with Gasteiger partial charge in [0.2, 0.25) is 17.7 Å². The molecule has 0 spiro atoms. The average molecular weight is 434 g/mol. The van der Waals surface area contributed by atoms with Gasteiger partial charge in [-0.2, -0.15) is 0 Å². The van der Waals surface area contributed by atoms with Crippen molar-refractivity contribution in [3.63, 3.8) is 0 Å². The number of amides is 3. The van der Waals surface area contributed by atoms with Crippen molar-refractivity contribution in [1.82, 2.24) is 26.2 Å². The van der Waals surface area contributed by atoms with E-state index >= 15 is 0 Å². The van der Waals surface area contributed by atoms with Crippen molar-refractivity contribution in [2.75, 3.05) is 78.5 Å². The highest BCUT2D eigenvalue weighted by Crippen LogP contribution is 1.94. The number of hydrogen-bond donors (Lipinski definition) is 8. The van der Waals surface area contributed by atoms with Gasteiger partial charge >= 0.3 is 0 Å². The minimum Gasteiger partial charge on any atom is -0.355 e. The van der Waals surface area contributed by atoms with Crippen LogP contribution in [-0.2, 0) is 14.4 Å². The van der Waals surface area contributed by atoms with E-state index < -0.39 is 0 Å². The van der Waals surface area contributed by atoms with Crippen LogP contribution < -0.4 is 44.2 Å². The third-order valence-corrected chi connectivity index (χ3v) is 3.69. The van der Waals surface area contributed by atoms with Gasteiger partial charge in [-0.1, -0.05) is 0 Å². The summed E-state index contributed by atoms with van der Waals surface area (Å²) in [7, 11) is 0. The van der Waals surface area contributed by atoms with Gasteiger partial charge in [-0.05, 0) is 0 Å². The number of nitrogens with two attached hydrogens (primary N) is 4. The Morgan fingerprint density at radius 2 is 1.13 bits per heavy atom. The molecule has 0 saturated carbocycles. The van der Waals surface area contributed by atoms with Crippen molar-refractivity contribution in [3.8, 4) is 0 Å². The van der Waals surface area contributed by atoms with E-state index in [0.717, 1.165) is 13.1 Å². The first-order valence-corrected chi connectivity index (χ1v) is 10.4. The van der Waals surface area contributed by atoms with E-state index in [0.29, 0.717) is 78.3 Å². The van der Waals surface area contributed by atoms with Crippen molar-refractivity contribution >= 4 is 17.7 Å². The van der Waals surface area contributed by atoms with Crippen LogP contribution in [0.1, 0.15) is 19.8 Å². The van der Waals surface area contributed by atoms with Gasteiger partial charge in [-0.3, -0.25) is 14.4 Å². The fourth-order valence-corrected chi connectivity index (χ4v) is 2.19. The van der Waals surface area contributed by atoms with Crippen molar-refractivity contribution in [3.05, 3.63) is 0 Å². The summed E-state index contributed by atoms with van der Waals surface area (Å²) in [4.78, 5) is 35.3. The molecule has 0 unspecified atom stereocenters. The summed E-state index contributed by atoms with van der Waals surface area (Å²) in [5.74, 6) is -0.0651. The zero-order valence-corrected chi connectivity index (χ0v) is 18.4. The van der Waals surface area contributed by atoms with Crippen LogP contribution in [0.5, 0.6) is 0 Å². The molecule has 0 rings (SSSR count). The van der Waals surface area contributed by atoms with Gasteiger partial charge in [-0.25, -0.2) is 0 Å². The lowest BCUT2D eigenvalue weighted by molar-refractivity contribution is -0.121. The van der Waals surface area contributed by atoms with Crippen LogP contribution in [0.3, 0.4) is 0 Å². The number of carbonyl (C=O) groups is 3. The molecular weight excluding hydrogens is 390 g/mol. The lowest BCUT2D eigenvalue weighted by Gasteiger charge is -2.21. The molecule has 0 atom stereocenters. The molecule has 0 aromatic heterocycles. The van der Waals surface area contributed by atoms with Crippen LogP contribution in [0.2, 0.25) is 0 Å². The third-order valence-electron chi connectivity index (χ3n) is 3.69. The van der Waals surface area contributed by atoms with Crippen LogP contribution >= 0.6 is 0 Å². The predicted octanol–water partition coefficient (Wildman–Crippen LogP) is -4.15. The summed E-state index contributed by atoms with van der Waals surface area (Å²) in [6.07, 6.45) is 0.759. The van der Waals surface area contributed by atoms with Gasteiger partial charge in [0, 0.05) is 98.3 Å². The molecule has 0 aromatic rings. The number of hydrogen-bond acceptors (Lipinski definition) is 9. The first-order chi connectivity index (χ1) is 14.4. The second kappa shape index (κ2) is 23.4. The zero-order chi connectivity index (χ0) is 23.0. The molecule has 0 aromatic carbocycles. The summed E-state index contributed by atoms with van der Waals surface area (Å²) in [5.41, 5.74) is 21.4. The van der Waals surface area contributed by atoms with Crippen LogP contribution in [0, 0.1) is 0 Å². The molecule has 0 aliphatic heterocycles. The van der Waals surface area contributed by atoms with Crippen molar-refractivity contribution in [2.45, 2.75) is 19.8 Å². The normalized spacial score (nSPS) is 10.2. The molecule has 0 heterocycles. The number of nitrogens with one attached hydrogen (secondary N) is 4. The van der Waals surface area contributed by atoms with E-state index in [1.54, 1.807) is 0 Å². The van der Waals surface area contributed by atoms with Gasteiger partial charge in [0.1, 0.15) is 0 Å². The Morgan fingerprint density at radius 1 is 0.633 bits per heavy atom. The van der Waals surface area contributed by atoms with E-state index in [4.69, 9.17) is 22.9 Å². The van der Waals surface area contributed by atoms with E-state index in [9.17, 15) is 14.4 Å². The summed E-state index contributed by atoms with van der Waals surface area (Å²) < 4.78 is 0. The van der Waals surface area contributed by atoms with Gasteiger partial charge in [0.15, 0.2) is 0 Å². The van der Waals surface area contributed by atoms with Crippen LogP contribution in [0.25, 0.3) is 0 Å². The lowest BCUT2D eigenvalue weighted by Crippen LogP contribution is -2.38. The highest BCUT2D eigenvalue weighted by atomic mass is 16.2. The third kappa shape index (κ3) is 24.2. The second-order valence-corrected chi connectivity index (χ2v) is 6.43. The Hall–Kier alpha value is -1.83. The summed E-state index contributed by atoms with van der Waals surface area (Å²) in [6.45, 7) is 8.56. The minimum atomic E-state index is -0.0370. The minimum absolute atomic E-state index is 0.00884. The number of rotatable bonds is 17. The molecule has 12 nitrogen and oxygen atoms in total. The molecule has 12 heteroatoms. The molecule has 0 radical (unpaired) electrons. The monoisotopic (exact) mass is 433 g/mol. The first-order valence-electron chi connectivity index (χ1n) is 10.4. The van der Waals surface area contributed by atoms with Gasteiger partial charge < -0.3 is 49.1 Å². The lowest BCUT2D eigenvalue weighted by atomic mass is 10.3. The topological polar surface area (TPSA) is 207 Å². The summed E-state index contributed by atoms with van der Waals surface area (Å²) in [6, 6.07) is 0. The molecular formula is C18H43N9O3. The number of nitrogens with zero attached hydrogens (tertiary/aromatic N) is 1. The highest BCUT2D eigenvalue weighted by molar-refractivity contribution is 5.76. The number of carbonyl (C=O) groups excluding carboxylic acids is 3. The van der Waals surface area contributed by atoms with Crippen molar-refractivity contribution < 1.29 is 14.4 Å². The summed E-state index contributed by atoms with van der Waals surface area (Å²) in [5, 5.41) is 11.1. The molecule has 3 amide bonds. The zero-order valence-electron chi connectivity index (χ0n) is 18.4. The van der Waals surface area contributed by atoms with Crippen molar-refractivity contribution in [2.24, 2.45) is 22.9 Å². The first kappa shape index (κ1) is 30.4. The van der Waals surface area contributed by atoms with Crippen LogP contribution in [0.15, 0.2) is 0 Å².